The largest absolute Gasteiger partial charge is 0.267 e. The van der Waals surface area contributed by atoms with Gasteiger partial charge in [0.05, 0.1) is 4.90 Å². The molecule has 0 amide bonds. The summed E-state index contributed by atoms with van der Waals surface area (Å²) in [6.07, 6.45) is 4.44. The van der Waals surface area contributed by atoms with Crippen molar-refractivity contribution in [3.63, 3.8) is 0 Å². The third-order valence-corrected chi connectivity index (χ3v) is 6.66. The van der Waals surface area contributed by atoms with Crippen LogP contribution >= 0.6 is 15.9 Å². The fourth-order valence-electron chi connectivity index (χ4n) is 2.88. The van der Waals surface area contributed by atoms with E-state index in [1.54, 1.807) is 18.3 Å². The van der Waals surface area contributed by atoms with E-state index in [-0.39, 0.29) is 0 Å². The Morgan fingerprint density at radius 2 is 1.62 bits per heavy atom. The molecule has 5 heteroatoms. The van der Waals surface area contributed by atoms with Crippen LogP contribution in [0.15, 0.2) is 70.2 Å². The molecule has 0 radical (unpaired) electrons. The van der Waals surface area contributed by atoms with Gasteiger partial charge < -0.3 is 0 Å². The van der Waals surface area contributed by atoms with Gasteiger partial charge in [-0.25, -0.2) is 12.4 Å². The van der Waals surface area contributed by atoms with Crippen molar-refractivity contribution in [2.45, 2.75) is 38.0 Å². The molecular weight excluding hydrogens is 410 g/mol. The third-order valence-electron chi connectivity index (χ3n) is 4.40. The molecule has 0 spiro atoms. The Balaban J connectivity index is 2.09. The molecule has 0 N–H and O–H groups in total. The second kappa shape index (κ2) is 7.80. The highest BCUT2D eigenvalue weighted by Crippen LogP contribution is 2.28. The summed E-state index contributed by atoms with van der Waals surface area (Å²) in [5.41, 5.74) is 3.78. The topological polar surface area (TPSA) is 39.1 Å². The average molecular weight is 432 g/mol. The third kappa shape index (κ3) is 3.94. The standard InChI is InChI=1S/C21H22BrNO2S/c1-3-4-5-20-14-18(17-8-10-19(22)11-9-17)15-23(20)26(24,25)21-12-6-16(2)7-13-21/h6-15H,3-5H2,1-2H3. The molecule has 0 fully saturated rings. The Bertz CT molecular complexity index is 987. The first-order chi connectivity index (χ1) is 12.4. The van der Waals surface area contributed by atoms with Crippen molar-refractivity contribution in [1.29, 1.82) is 0 Å². The lowest BCUT2D eigenvalue weighted by molar-refractivity contribution is 0.584. The van der Waals surface area contributed by atoms with E-state index in [0.717, 1.165) is 46.1 Å². The van der Waals surface area contributed by atoms with E-state index in [2.05, 4.69) is 22.9 Å². The van der Waals surface area contributed by atoms with Crippen LogP contribution in [0, 0.1) is 6.92 Å². The van der Waals surface area contributed by atoms with Crippen LogP contribution < -0.4 is 0 Å². The summed E-state index contributed by atoms with van der Waals surface area (Å²) in [4.78, 5) is 0.318. The molecule has 0 unspecified atom stereocenters. The lowest BCUT2D eigenvalue weighted by Gasteiger charge is -2.10. The maximum Gasteiger partial charge on any atom is 0.267 e. The van der Waals surface area contributed by atoms with Crippen LogP contribution in [0.4, 0.5) is 0 Å². The summed E-state index contributed by atoms with van der Waals surface area (Å²) in [5, 5.41) is 0. The molecule has 0 atom stereocenters. The van der Waals surface area contributed by atoms with Crippen molar-refractivity contribution in [3.8, 4) is 11.1 Å². The summed E-state index contributed by atoms with van der Waals surface area (Å²) in [5.74, 6) is 0. The van der Waals surface area contributed by atoms with E-state index in [9.17, 15) is 8.42 Å². The fourth-order valence-corrected chi connectivity index (χ4v) is 4.55. The van der Waals surface area contributed by atoms with Gasteiger partial charge in [0.2, 0.25) is 0 Å². The summed E-state index contributed by atoms with van der Waals surface area (Å²) in [7, 11) is -3.60. The number of rotatable bonds is 6. The molecule has 0 bridgehead atoms. The summed E-state index contributed by atoms with van der Waals surface area (Å²) < 4.78 is 28.8. The van der Waals surface area contributed by atoms with Gasteiger partial charge in [0.15, 0.2) is 0 Å². The smallest absolute Gasteiger partial charge is 0.245 e. The Labute approximate surface area is 163 Å². The molecule has 3 aromatic rings. The van der Waals surface area contributed by atoms with Crippen LogP contribution in [0.5, 0.6) is 0 Å². The molecule has 0 saturated carbocycles. The molecule has 3 nitrogen and oxygen atoms in total. The molecule has 136 valence electrons. The van der Waals surface area contributed by atoms with Gasteiger partial charge in [-0.15, -0.1) is 0 Å². The highest BCUT2D eigenvalue weighted by Gasteiger charge is 2.21. The first kappa shape index (κ1) is 18.9. The summed E-state index contributed by atoms with van der Waals surface area (Å²) in [6.45, 7) is 4.06. The van der Waals surface area contributed by atoms with Gasteiger partial charge >= 0.3 is 0 Å². The molecule has 1 heterocycles. The maximum absolute atomic E-state index is 13.2. The van der Waals surface area contributed by atoms with Crippen LogP contribution in [0.2, 0.25) is 0 Å². The minimum Gasteiger partial charge on any atom is -0.245 e. The van der Waals surface area contributed by atoms with Gasteiger partial charge in [-0.3, -0.25) is 0 Å². The zero-order valence-electron chi connectivity index (χ0n) is 14.9. The molecule has 0 aliphatic carbocycles. The zero-order valence-corrected chi connectivity index (χ0v) is 17.3. The number of benzene rings is 2. The minimum absolute atomic E-state index is 0.318. The molecule has 26 heavy (non-hydrogen) atoms. The quantitative estimate of drug-likeness (QED) is 0.494. The monoisotopic (exact) mass is 431 g/mol. The van der Waals surface area contributed by atoms with Gasteiger partial charge in [0.25, 0.3) is 10.0 Å². The van der Waals surface area contributed by atoms with E-state index in [1.807, 2.05) is 49.4 Å². The van der Waals surface area contributed by atoms with Crippen molar-refractivity contribution >= 4 is 26.0 Å². The van der Waals surface area contributed by atoms with E-state index in [0.29, 0.717) is 4.90 Å². The number of unbranched alkanes of at least 4 members (excludes halogenated alkanes) is 1. The van der Waals surface area contributed by atoms with Gasteiger partial charge in [-0.05, 0) is 55.7 Å². The number of hydrogen-bond donors (Lipinski definition) is 0. The van der Waals surface area contributed by atoms with Gasteiger partial charge in [-0.2, -0.15) is 0 Å². The number of aromatic nitrogens is 1. The molecule has 2 aromatic carbocycles. The lowest BCUT2D eigenvalue weighted by atomic mass is 10.1. The Kier molecular flexibility index (Phi) is 5.68. The van der Waals surface area contributed by atoms with Crippen molar-refractivity contribution in [1.82, 2.24) is 3.97 Å². The van der Waals surface area contributed by atoms with Crippen LogP contribution in [0.3, 0.4) is 0 Å². The molecule has 1 aromatic heterocycles. The van der Waals surface area contributed by atoms with Crippen molar-refractivity contribution < 1.29 is 8.42 Å². The second-order valence-electron chi connectivity index (χ2n) is 6.44. The maximum atomic E-state index is 13.2. The van der Waals surface area contributed by atoms with Gasteiger partial charge in [-0.1, -0.05) is 59.1 Å². The highest BCUT2D eigenvalue weighted by molar-refractivity contribution is 9.10. The van der Waals surface area contributed by atoms with Crippen molar-refractivity contribution in [2.75, 3.05) is 0 Å². The van der Waals surface area contributed by atoms with E-state index >= 15 is 0 Å². The number of aryl methyl sites for hydroxylation is 2. The lowest BCUT2D eigenvalue weighted by Crippen LogP contribution is -2.14. The first-order valence-electron chi connectivity index (χ1n) is 8.71. The van der Waals surface area contributed by atoms with Gasteiger partial charge in [0, 0.05) is 21.9 Å². The number of nitrogens with zero attached hydrogens (tertiary/aromatic N) is 1. The van der Waals surface area contributed by atoms with Crippen LogP contribution in [-0.2, 0) is 16.4 Å². The predicted molar refractivity (Wildman–Crippen MR) is 110 cm³/mol. The number of halogens is 1. The highest BCUT2D eigenvalue weighted by atomic mass is 79.9. The van der Waals surface area contributed by atoms with Crippen molar-refractivity contribution in [2.24, 2.45) is 0 Å². The van der Waals surface area contributed by atoms with E-state index < -0.39 is 10.0 Å². The van der Waals surface area contributed by atoms with Gasteiger partial charge in [0.1, 0.15) is 0 Å². The van der Waals surface area contributed by atoms with Crippen LogP contribution in [-0.4, -0.2) is 12.4 Å². The molecule has 0 aliphatic rings. The Morgan fingerprint density at radius 3 is 2.23 bits per heavy atom. The Morgan fingerprint density at radius 1 is 0.962 bits per heavy atom. The summed E-state index contributed by atoms with van der Waals surface area (Å²) in [6, 6.07) is 16.9. The Hall–Kier alpha value is -1.85. The average Bonchev–Trinajstić information content (AvgIpc) is 3.06. The molecular formula is C21H22BrNO2S. The first-order valence-corrected chi connectivity index (χ1v) is 10.9. The zero-order chi connectivity index (χ0) is 18.7. The molecule has 0 saturated heterocycles. The predicted octanol–water partition coefficient (Wildman–Crippen LogP) is 5.81. The van der Waals surface area contributed by atoms with Crippen LogP contribution in [0.25, 0.3) is 11.1 Å². The second-order valence-corrected chi connectivity index (χ2v) is 9.18. The fraction of sp³-hybridized carbons (Fsp3) is 0.238. The van der Waals surface area contributed by atoms with E-state index in [1.165, 1.54) is 3.97 Å². The molecule has 0 aliphatic heterocycles. The van der Waals surface area contributed by atoms with Crippen LogP contribution in [0.1, 0.15) is 31.0 Å². The van der Waals surface area contributed by atoms with Crippen molar-refractivity contribution in [3.05, 3.63) is 76.5 Å². The molecule has 3 rings (SSSR count). The minimum atomic E-state index is -3.60. The SMILES string of the molecule is CCCCc1cc(-c2ccc(Br)cc2)cn1S(=O)(=O)c1ccc(C)cc1. The summed E-state index contributed by atoms with van der Waals surface area (Å²) >= 11 is 3.44. The normalized spacial score (nSPS) is 11.7. The number of hydrogen-bond acceptors (Lipinski definition) is 2. The van der Waals surface area contributed by atoms with E-state index in [4.69, 9.17) is 0 Å².